The molecule has 1 aromatic carbocycles. The van der Waals surface area contributed by atoms with Gasteiger partial charge in [-0.05, 0) is 55.1 Å². The molecule has 0 radical (unpaired) electrons. The fourth-order valence-corrected chi connectivity index (χ4v) is 5.15. The lowest BCUT2D eigenvalue weighted by molar-refractivity contribution is 0.314. The van der Waals surface area contributed by atoms with Crippen molar-refractivity contribution in [2.24, 2.45) is 9.98 Å². The first-order chi connectivity index (χ1) is 16.4. The van der Waals surface area contributed by atoms with Crippen LogP contribution >= 0.6 is 0 Å². The Hall–Kier alpha value is -3.32. The first kappa shape index (κ1) is 20.3. The minimum atomic E-state index is 0.258. The Kier molecular flexibility index (Phi) is 5.48. The summed E-state index contributed by atoms with van der Waals surface area (Å²) in [5, 5.41) is 8.28. The van der Waals surface area contributed by atoms with Gasteiger partial charge in [0.25, 0.3) is 0 Å². The zero-order valence-corrected chi connectivity index (χ0v) is 18.7. The van der Waals surface area contributed by atoms with E-state index in [4.69, 9.17) is 14.8 Å². The highest BCUT2D eigenvalue weighted by Crippen LogP contribution is 2.34. The summed E-state index contributed by atoms with van der Waals surface area (Å²) in [5.74, 6) is 1.31. The van der Waals surface area contributed by atoms with Crippen molar-refractivity contribution < 1.29 is 4.74 Å². The van der Waals surface area contributed by atoms with Gasteiger partial charge in [-0.1, -0.05) is 31.4 Å². The molecule has 1 fully saturated rings. The molecule has 0 atom stereocenters. The predicted octanol–water partition coefficient (Wildman–Crippen LogP) is 4.28. The Bertz CT molecular complexity index is 1210. The van der Waals surface area contributed by atoms with Crippen molar-refractivity contribution in [3.63, 3.8) is 0 Å². The van der Waals surface area contributed by atoms with Gasteiger partial charge in [0.2, 0.25) is 5.90 Å². The van der Waals surface area contributed by atoms with E-state index in [-0.39, 0.29) is 6.73 Å². The van der Waals surface area contributed by atoms with Crippen molar-refractivity contribution in [1.82, 2.24) is 20.1 Å². The second kappa shape index (κ2) is 8.90. The number of hydrogen-bond donors (Lipinski definition) is 1. The zero-order valence-electron chi connectivity index (χ0n) is 18.7. The first-order valence-electron chi connectivity index (χ1n) is 11.9. The molecule has 0 spiro atoms. The standard InChI is InChI=1S/C26H28N6O/c1-2-4-22(5-3-1)32-24(19-9-11-27-12-10-19)23(16-30-32)26-31-25(29-17-33-26)20-7-6-18-8-13-28-15-21(18)14-20/h6-7,9-12,14,16,22,28H,1-5,8,13,15,17H2. The molecule has 1 saturated carbocycles. The van der Waals surface area contributed by atoms with Gasteiger partial charge in [-0.15, -0.1) is 0 Å². The largest absolute Gasteiger partial charge is 0.454 e. The number of nitrogens with zero attached hydrogens (tertiary/aromatic N) is 5. The fourth-order valence-electron chi connectivity index (χ4n) is 5.15. The summed E-state index contributed by atoms with van der Waals surface area (Å²) in [6, 6.07) is 11.0. The average Bonchev–Trinajstić information content (AvgIpc) is 3.35. The number of pyridine rings is 1. The van der Waals surface area contributed by atoms with E-state index in [1.165, 1.54) is 30.4 Å². The van der Waals surface area contributed by atoms with Crippen LogP contribution in [-0.2, 0) is 17.7 Å². The molecule has 0 saturated heterocycles. The molecular weight excluding hydrogens is 412 g/mol. The SMILES string of the molecule is c1cc(-c2c(C3=NC(c4ccc5c(c4)CNCC5)=NCO3)cnn2C2CCCCC2)ccn1. The maximum absolute atomic E-state index is 5.97. The lowest BCUT2D eigenvalue weighted by Crippen LogP contribution is -2.24. The molecule has 1 aliphatic carbocycles. The Labute approximate surface area is 193 Å². The molecular formula is C26H28N6O. The van der Waals surface area contributed by atoms with Crippen LogP contribution in [0, 0.1) is 0 Å². The van der Waals surface area contributed by atoms with Crippen LogP contribution in [0.25, 0.3) is 11.3 Å². The third kappa shape index (κ3) is 3.97. The van der Waals surface area contributed by atoms with Crippen molar-refractivity contribution in [1.29, 1.82) is 0 Å². The van der Waals surface area contributed by atoms with Crippen molar-refractivity contribution in [2.45, 2.75) is 51.1 Å². The Morgan fingerprint density at radius 2 is 1.85 bits per heavy atom. The number of rotatable bonds is 4. The molecule has 0 amide bonds. The maximum Gasteiger partial charge on any atom is 0.228 e. The van der Waals surface area contributed by atoms with E-state index in [0.717, 1.165) is 60.6 Å². The minimum Gasteiger partial charge on any atom is -0.454 e. The normalized spacial score (nSPS) is 18.8. The summed E-state index contributed by atoms with van der Waals surface area (Å²) in [6.45, 7) is 2.18. The molecule has 7 heteroatoms. The summed E-state index contributed by atoms with van der Waals surface area (Å²) >= 11 is 0. The molecule has 2 aromatic heterocycles. The van der Waals surface area contributed by atoms with E-state index in [0.29, 0.717) is 11.9 Å². The average molecular weight is 441 g/mol. The van der Waals surface area contributed by atoms with Gasteiger partial charge >= 0.3 is 0 Å². The number of aliphatic imine (C=N–C) groups is 2. The van der Waals surface area contributed by atoms with Crippen molar-refractivity contribution >= 4 is 11.7 Å². The smallest absolute Gasteiger partial charge is 0.228 e. The maximum atomic E-state index is 5.97. The van der Waals surface area contributed by atoms with Gasteiger partial charge in [0.15, 0.2) is 12.6 Å². The van der Waals surface area contributed by atoms with Crippen LogP contribution in [0.5, 0.6) is 0 Å². The number of benzene rings is 1. The molecule has 0 unspecified atom stereocenters. The number of aromatic nitrogens is 3. The van der Waals surface area contributed by atoms with Gasteiger partial charge < -0.3 is 10.1 Å². The van der Waals surface area contributed by atoms with Crippen molar-refractivity contribution in [3.8, 4) is 11.3 Å². The Morgan fingerprint density at radius 1 is 0.970 bits per heavy atom. The summed E-state index contributed by atoms with van der Waals surface area (Å²) in [7, 11) is 0. The van der Waals surface area contributed by atoms with Gasteiger partial charge in [0.05, 0.1) is 23.5 Å². The molecule has 1 N–H and O–H groups in total. The number of amidine groups is 1. The van der Waals surface area contributed by atoms with Gasteiger partial charge in [0.1, 0.15) is 0 Å². The van der Waals surface area contributed by atoms with E-state index >= 15 is 0 Å². The van der Waals surface area contributed by atoms with E-state index in [1.54, 1.807) is 0 Å². The molecule has 2 aliphatic heterocycles. The molecule has 0 bridgehead atoms. The summed E-state index contributed by atoms with van der Waals surface area (Å²) in [5.41, 5.74) is 6.81. The fraction of sp³-hybridized carbons (Fsp3) is 0.385. The quantitative estimate of drug-likeness (QED) is 0.657. The van der Waals surface area contributed by atoms with E-state index in [1.807, 2.05) is 30.7 Å². The first-order valence-corrected chi connectivity index (χ1v) is 11.9. The van der Waals surface area contributed by atoms with Crippen LogP contribution in [0.1, 0.15) is 60.4 Å². The number of fused-ring (bicyclic) bond motifs is 1. The lowest BCUT2D eigenvalue weighted by Gasteiger charge is -2.24. The second-order valence-electron chi connectivity index (χ2n) is 8.96. The molecule has 3 aliphatic rings. The van der Waals surface area contributed by atoms with Crippen LogP contribution in [0.4, 0.5) is 0 Å². The van der Waals surface area contributed by atoms with Gasteiger partial charge in [-0.2, -0.15) is 10.1 Å². The second-order valence-corrected chi connectivity index (χ2v) is 8.96. The molecule has 6 rings (SSSR count). The summed E-state index contributed by atoms with van der Waals surface area (Å²) < 4.78 is 8.16. The van der Waals surface area contributed by atoms with Crippen LogP contribution in [0.3, 0.4) is 0 Å². The van der Waals surface area contributed by atoms with Crippen LogP contribution < -0.4 is 5.32 Å². The molecule has 4 heterocycles. The van der Waals surface area contributed by atoms with E-state index in [2.05, 4.69) is 38.2 Å². The summed E-state index contributed by atoms with van der Waals surface area (Å²) in [4.78, 5) is 13.7. The van der Waals surface area contributed by atoms with Crippen LogP contribution in [0.15, 0.2) is 58.9 Å². The van der Waals surface area contributed by atoms with Crippen LogP contribution in [-0.4, -0.2) is 39.8 Å². The Morgan fingerprint density at radius 3 is 2.73 bits per heavy atom. The monoisotopic (exact) mass is 440 g/mol. The Balaban J connectivity index is 1.40. The zero-order chi connectivity index (χ0) is 22.0. The van der Waals surface area contributed by atoms with Crippen molar-refractivity contribution in [2.75, 3.05) is 13.3 Å². The molecule has 3 aromatic rings. The number of nitrogens with one attached hydrogen (secondary N) is 1. The topological polar surface area (TPSA) is 76.7 Å². The lowest BCUT2D eigenvalue weighted by atomic mass is 9.95. The highest BCUT2D eigenvalue weighted by atomic mass is 16.5. The summed E-state index contributed by atoms with van der Waals surface area (Å²) in [6.07, 6.45) is 12.7. The van der Waals surface area contributed by atoms with Crippen molar-refractivity contribution in [3.05, 3.63) is 71.2 Å². The van der Waals surface area contributed by atoms with Gasteiger partial charge in [-0.25, -0.2) is 4.99 Å². The molecule has 33 heavy (non-hydrogen) atoms. The van der Waals surface area contributed by atoms with Crippen LogP contribution in [0.2, 0.25) is 0 Å². The number of hydrogen-bond acceptors (Lipinski definition) is 6. The third-order valence-electron chi connectivity index (χ3n) is 6.87. The highest BCUT2D eigenvalue weighted by Gasteiger charge is 2.26. The highest BCUT2D eigenvalue weighted by molar-refractivity contribution is 6.12. The van der Waals surface area contributed by atoms with Gasteiger partial charge in [-0.3, -0.25) is 9.67 Å². The predicted molar refractivity (Wildman–Crippen MR) is 128 cm³/mol. The number of ether oxygens (including phenoxy) is 1. The van der Waals surface area contributed by atoms with E-state index < -0.39 is 0 Å². The van der Waals surface area contributed by atoms with E-state index in [9.17, 15) is 0 Å². The minimum absolute atomic E-state index is 0.258. The molecule has 168 valence electrons. The van der Waals surface area contributed by atoms with Gasteiger partial charge in [0, 0.05) is 30.1 Å². The molecule has 7 nitrogen and oxygen atoms in total. The third-order valence-corrected chi connectivity index (χ3v) is 6.87.